The van der Waals surface area contributed by atoms with E-state index < -0.39 is 0 Å². The molecule has 1 N–H and O–H groups in total. The van der Waals surface area contributed by atoms with Gasteiger partial charge < -0.3 is 14.8 Å². The van der Waals surface area contributed by atoms with Crippen LogP contribution >= 0.6 is 0 Å². The van der Waals surface area contributed by atoms with E-state index in [0.717, 1.165) is 56.2 Å². The van der Waals surface area contributed by atoms with Gasteiger partial charge in [0.25, 0.3) is 0 Å². The van der Waals surface area contributed by atoms with Crippen molar-refractivity contribution in [3.05, 3.63) is 119 Å². The summed E-state index contributed by atoms with van der Waals surface area (Å²) in [4.78, 5) is 11.9. The molecular weight excluding hydrogens is 472 g/mol. The van der Waals surface area contributed by atoms with E-state index in [9.17, 15) is 0 Å². The number of ether oxygens (including phenoxy) is 2. The minimum Gasteiger partial charge on any atom is -0.454 e. The molecule has 0 amide bonds. The van der Waals surface area contributed by atoms with Gasteiger partial charge in [0.05, 0.1) is 17.4 Å². The van der Waals surface area contributed by atoms with Gasteiger partial charge in [-0.2, -0.15) is 0 Å². The Morgan fingerprint density at radius 3 is 2.47 bits per heavy atom. The molecule has 0 saturated carbocycles. The summed E-state index contributed by atoms with van der Waals surface area (Å²) >= 11 is 0. The fourth-order valence-corrected chi connectivity index (χ4v) is 5.49. The minimum absolute atomic E-state index is 0.277. The predicted octanol–water partition coefficient (Wildman–Crippen LogP) is 5.97. The third-order valence-corrected chi connectivity index (χ3v) is 7.45. The number of aryl methyl sites for hydroxylation is 1. The lowest BCUT2D eigenvalue weighted by Gasteiger charge is -2.32. The van der Waals surface area contributed by atoms with Gasteiger partial charge in [0.2, 0.25) is 6.79 Å². The molecule has 4 aromatic rings. The zero-order chi connectivity index (χ0) is 25.6. The second-order valence-corrected chi connectivity index (χ2v) is 10.1. The summed E-state index contributed by atoms with van der Waals surface area (Å²) in [6, 6.07) is 25.9. The topological polar surface area (TPSA) is 59.5 Å². The number of pyridine rings is 2. The van der Waals surface area contributed by atoms with Crippen molar-refractivity contribution in [3.63, 3.8) is 0 Å². The van der Waals surface area contributed by atoms with Crippen molar-refractivity contribution in [2.45, 2.75) is 57.9 Å². The maximum atomic E-state index is 5.67. The molecule has 2 aromatic carbocycles. The Morgan fingerprint density at radius 1 is 0.763 bits per heavy atom. The molecule has 0 spiro atoms. The zero-order valence-corrected chi connectivity index (χ0v) is 21.7. The second kappa shape index (κ2) is 11.8. The van der Waals surface area contributed by atoms with Crippen LogP contribution < -0.4 is 14.8 Å². The Hall–Kier alpha value is -3.74. The molecule has 0 fully saturated rings. The molecule has 2 aliphatic rings. The first-order valence-corrected chi connectivity index (χ1v) is 13.6. The molecule has 6 nitrogen and oxygen atoms in total. The largest absolute Gasteiger partial charge is 0.454 e. The summed E-state index contributed by atoms with van der Waals surface area (Å²) in [5.41, 5.74) is 7.49. The van der Waals surface area contributed by atoms with Gasteiger partial charge in [-0.1, -0.05) is 48.9 Å². The lowest BCUT2D eigenvalue weighted by Crippen LogP contribution is -2.29. The van der Waals surface area contributed by atoms with E-state index in [1.165, 1.54) is 40.8 Å². The SMILES string of the molecule is c1ccc(CNCc2ccc(CN(Cc3ccc4c(c3)OCO4)C3CCCCc4cccnc43)cc2)nc1. The normalized spacial score (nSPS) is 16.3. The van der Waals surface area contributed by atoms with Gasteiger partial charge in [-0.25, -0.2) is 0 Å². The first-order valence-electron chi connectivity index (χ1n) is 13.6. The predicted molar refractivity (Wildman–Crippen MR) is 148 cm³/mol. The molecule has 1 unspecified atom stereocenters. The summed E-state index contributed by atoms with van der Waals surface area (Å²) in [5.74, 6) is 1.67. The number of nitrogens with zero attached hydrogens (tertiary/aromatic N) is 3. The summed E-state index contributed by atoms with van der Waals surface area (Å²) in [6.07, 6.45) is 8.43. The van der Waals surface area contributed by atoms with E-state index in [2.05, 4.69) is 63.7 Å². The van der Waals surface area contributed by atoms with Gasteiger partial charge in [0.15, 0.2) is 11.5 Å². The van der Waals surface area contributed by atoms with Crippen molar-refractivity contribution in [3.8, 4) is 11.5 Å². The molecule has 38 heavy (non-hydrogen) atoms. The van der Waals surface area contributed by atoms with Gasteiger partial charge in [-0.15, -0.1) is 0 Å². The quantitative estimate of drug-likeness (QED) is 0.283. The molecule has 0 radical (unpaired) electrons. The first kappa shape index (κ1) is 24.6. The lowest BCUT2D eigenvalue weighted by atomic mass is 10.0. The molecule has 6 heteroatoms. The molecule has 1 atom stereocenters. The molecule has 6 rings (SSSR count). The summed E-state index contributed by atoms with van der Waals surface area (Å²) in [6.45, 7) is 3.56. The molecule has 0 bridgehead atoms. The van der Waals surface area contributed by atoms with E-state index in [4.69, 9.17) is 14.5 Å². The summed E-state index contributed by atoms with van der Waals surface area (Å²) in [7, 11) is 0. The van der Waals surface area contributed by atoms with Crippen LogP contribution in [0.4, 0.5) is 0 Å². The van der Waals surface area contributed by atoms with Crippen LogP contribution in [0.1, 0.15) is 58.9 Å². The van der Waals surface area contributed by atoms with Crippen LogP contribution in [0, 0.1) is 0 Å². The maximum Gasteiger partial charge on any atom is 0.231 e. The summed E-state index contributed by atoms with van der Waals surface area (Å²) < 4.78 is 11.2. The molecule has 1 aliphatic heterocycles. The van der Waals surface area contributed by atoms with Gasteiger partial charge in [0.1, 0.15) is 0 Å². The summed E-state index contributed by atoms with van der Waals surface area (Å²) in [5, 5.41) is 3.50. The highest BCUT2D eigenvalue weighted by Crippen LogP contribution is 2.36. The fraction of sp³-hybridized carbons (Fsp3) is 0.312. The van der Waals surface area contributed by atoms with Crippen LogP contribution in [0.3, 0.4) is 0 Å². The lowest BCUT2D eigenvalue weighted by molar-refractivity contribution is 0.164. The van der Waals surface area contributed by atoms with Crippen LogP contribution in [0.5, 0.6) is 11.5 Å². The maximum absolute atomic E-state index is 5.67. The number of fused-ring (bicyclic) bond motifs is 2. The number of hydrogen-bond donors (Lipinski definition) is 1. The van der Waals surface area contributed by atoms with E-state index in [-0.39, 0.29) is 6.04 Å². The second-order valence-electron chi connectivity index (χ2n) is 10.1. The third kappa shape index (κ3) is 5.87. The Kier molecular flexibility index (Phi) is 7.61. The standard InChI is InChI=1S/C32H34N4O2/c1-2-9-29(32-27(6-1)7-5-17-35-32)36(22-26-14-15-30-31(18-26)38-23-37-30)21-25-12-10-24(11-13-25)19-33-20-28-8-3-4-16-34-28/h3-5,7-8,10-18,29,33H,1-2,6,9,19-23H2. The number of rotatable bonds is 9. The Labute approximate surface area is 224 Å². The van der Waals surface area contributed by atoms with E-state index in [1.54, 1.807) is 0 Å². The Bertz CT molecular complexity index is 1340. The van der Waals surface area contributed by atoms with E-state index >= 15 is 0 Å². The highest BCUT2D eigenvalue weighted by Gasteiger charge is 2.27. The third-order valence-electron chi connectivity index (χ3n) is 7.45. The van der Waals surface area contributed by atoms with Crippen molar-refractivity contribution in [1.29, 1.82) is 0 Å². The number of nitrogens with one attached hydrogen (secondary N) is 1. The van der Waals surface area contributed by atoms with Crippen LogP contribution in [0.25, 0.3) is 0 Å². The van der Waals surface area contributed by atoms with Crippen molar-refractivity contribution in [2.75, 3.05) is 6.79 Å². The molecule has 0 saturated heterocycles. The molecule has 1 aliphatic carbocycles. The minimum atomic E-state index is 0.277. The van der Waals surface area contributed by atoms with E-state index in [0.29, 0.717) is 6.79 Å². The van der Waals surface area contributed by atoms with Crippen LogP contribution in [0.15, 0.2) is 85.2 Å². The van der Waals surface area contributed by atoms with Gasteiger partial charge in [-0.05, 0) is 71.8 Å². The van der Waals surface area contributed by atoms with Crippen LogP contribution in [-0.2, 0) is 32.6 Å². The van der Waals surface area contributed by atoms with Gasteiger partial charge >= 0.3 is 0 Å². The first-order chi connectivity index (χ1) is 18.8. The van der Waals surface area contributed by atoms with Gasteiger partial charge in [0, 0.05) is 38.6 Å². The highest BCUT2D eigenvalue weighted by molar-refractivity contribution is 5.44. The van der Waals surface area contributed by atoms with E-state index in [1.807, 2.05) is 36.7 Å². The van der Waals surface area contributed by atoms with Crippen molar-refractivity contribution >= 4 is 0 Å². The number of benzene rings is 2. The average Bonchev–Trinajstić information content (AvgIpc) is 3.32. The number of hydrogen-bond acceptors (Lipinski definition) is 6. The monoisotopic (exact) mass is 506 g/mol. The molecule has 2 aromatic heterocycles. The molecule has 3 heterocycles. The average molecular weight is 507 g/mol. The Morgan fingerprint density at radius 2 is 1.58 bits per heavy atom. The fourth-order valence-electron chi connectivity index (χ4n) is 5.49. The zero-order valence-electron chi connectivity index (χ0n) is 21.7. The molecule has 194 valence electrons. The molecular formula is C32H34N4O2. The Balaban J connectivity index is 1.20. The van der Waals surface area contributed by atoms with Crippen molar-refractivity contribution in [1.82, 2.24) is 20.2 Å². The number of aromatic nitrogens is 2. The van der Waals surface area contributed by atoms with Gasteiger partial charge in [-0.3, -0.25) is 14.9 Å². The van der Waals surface area contributed by atoms with Crippen LogP contribution in [-0.4, -0.2) is 21.7 Å². The smallest absolute Gasteiger partial charge is 0.231 e. The highest BCUT2D eigenvalue weighted by atomic mass is 16.7. The van der Waals surface area contributed by atoms with Crippen molar-refractivity contribution in [2.24, 2.45) is 0 Å². The van der Waals surface area contributed by atoms with Crippen molar-refractivity contribution < 1.29 is 9.47 Å². The van der Waals surface area contributed by atoms with Crippen LogP contribution in [0.2, 0.25) is 0 Å².